The van der Waals surface area contributed by atoms with E-state index < -0.39 is 0 Å². The van der Waals surface area contributed by atoms with Gasteiger partial charge in [0.15, 0.2) is 0 Å². The number of carbonyl (C=O) groups excluding carboxylic acids is 1. The summed E-state index contributed by atoms with van der Waals surface area (Å²) < 4.78 is 0. The van der Waals surface area contributed by atoms with E-state index >= 15 is 0 Å². The second kappa shape index (κ2) is 7.64. The topological polar surface area (TPSA) is 41.1 Å². The number of anilines is 1. The first-order valence-electron chi connectivity index (χ1n) is 7.68. The number of rotatable bonds is 6. The van der Waals surface area contributed by atoms with Gasteiger partial charge in [0.1, 0.15) is 0 Å². The number of carbonyl (C=O) groups is 1. The molecular weight excluding hydrogens is 272 g/mol. The van der Waals surface area contributed by atoms with Gasteiger partial charge in [0.05, 0.1) is 0 Å². The van der Waals surface area contributed by atoms with Crippen molar-refractivity contribution in [3.63, 3.8) is 0 Å². The Hall–Kier alpha value is -2.29. The van der Waals surface area contributed by atoms with Gasteiger partial charge in [-0.05, 0) is 43.5 Å². The summed E-state index contributed by atoms with van der Waals surface area (Å²) in [4.78, 5) is 11.9. The van der Waals surface area contributed by atoms with E-state index in [0.717, 1.165) is 11.3 Å². The zero-order valence-corrected chi connectivity index (χ0v) is 13.6. The predicted molar refractivity (Wildman–Crippen MR) is 92.0 cm³/mol. The first-order chi connectivity index (χ1) is 10.5. The monoisotopic (exact) mass is 296 g/mol. The molecule has 0 fully saturated rings. The minimum Gasteiger partial charge on any atom is -0.384 e. The smallest absolute Gasteiger partial charge is 0.222 e. The summed E-state index contributed by atoms with van der Waals surface area (Å²) >= 11 is 0. The third-order valence-electron chi connectivity index (χ3n) is 3.67. The van der Waals surface area contributed by atoms with Crippen molar-refractivity contribution >= 4 is 11.6 Å². The summed E-state index contributed by atoms with van der Waals surface area (Å²) in [5, 5.41) is 6.28. The Morgan fingerprint density at radius 1 is 0.955 bits per heavy atom. The van der Waals surface area contributed by atoms with Crippen molar-refractivity contribution < 1.29 is 4.79 Å². The second-order valence-electron chi connectivity index (χ2n) is 5.76. The van der Waals surface area contributed by atoms with Crippen LogP contribution in [0.2, 0.25) is 0 Å². The Kier molecular flexibility index (Phi) is 5.59. The van der Waals surface area contributed by atoms with Crippen LogP contribution in [0.4, 0.5) is 5.69 Å². The van der Waals surface area contributed by atoms with Crippen LogP contribution in [0.1, 0.15) is 28.7 Å². The molecule has 2 aromatic carbocycles. The molecule has 0 saturated carbocycles. The molecule has 1 amide bonds. The maximum atomic E-state index is 11.9. The van der Waals surface area contributed by atoms with Crippen molar-refractivity contribution in [1.82, 2.24) is 5.32 Å². The van der Waals surface area contributed by atoms with E-state index in [1.165, 1.54) is 16.7 Å². The fourth-order valence-electron chi connectivity index (χ4n) is 2.23. The van der Waals surface area contributed by atoms with Crippen LogP contribution in [-0.4, -0.2) is 12.5 Å². The third kappa shape index (κ3) is 4.92. The SMILES string of the molecule is Cc1ccc(CNC(=O)CCNc2cc(C)ccc2C)cc1. The molecule has 0 aliphatic carbocycles. The van der Waals surface area contributed by atoms with Crippen molar-refractivity contribution in [3.8, 4) is 0 Å². The predicted octanol–water partition coefficient (Wildman–Crippen LogP) is 3.73. The molecule has 3 heteroatoms. The van der Waals surface area contributed by atoms with Crippen LogP contribution < -0.4 is 10.6 Å². The second-order valence-corrected chi connectivity index (χ2v) is 5.76. The van der Waals surface area contributed by atoms with Crippen LogP contribution in [-0.2, 0) is 11.3 Å². The van der Waals surface area contributed by atoms with Crippen LogP contribution in [0.3, 0.4) is 0 Å². The Labute approximate surface area is 132 Å². The van der Waals surface area contributed by atoms with Gasteiger partial charge in [0.25, 0.3) is 0 Å². The van der Waals surface area contributed by atoms with Crippen molar-refractivity contribution in [2.45, 2.75) is 33.7 Å². The van der Waals surface area contributed by atoms with E-state index in [4.69, 9.17) is 0 Å². The highest BCUT2D eigenvalue weighted by Gasteiger charge is 2.03. The minimum absolute atomic E-state index is 0.0679. The highest BCUT2D eigenvalue weighted by Crippen LogP contribution is 2.16. The van der Waals surface area contributed by atoms with E-state index in [9.17, 15) is 4.79 Å². The van der Waals surface area contributed by atoms with Crippen LogP contribution in [0.5, 0.6) is 0 Å². The Morgan fingerprint density at radius 2 is 1.64 bits per heavy atom. The molecule has 2 aromatic rings. The summed E-state index contributed by atoms with van der Waals surface area (Å²) in [7, 11) is 0. The highest BCUT2D eigenvalue weighted by atomic mass is 16.1. The maximum Gasteiger partial charge on any atom is 0.222 e. The molecule has 116 valence electrons. The largest absolute Gasteiger partial charge is 0.384 e. The Morgan fingerprint density at radius 3 is 2.36 bits per heavy atom. The number of nitrogens with one attached hydrogen (secondary N) is 2. The van der Waals surface area contributed by atoms with Gasteiger partial charge in [-0.2, -0.15) is 0 Å². The number of aryl methyl sites for hydroxylation is 3. The fourth-order valence-corrected chi connectivity index (χ4v) is 2.23. The lowest BCUT2D eigenvalue weighted by Gasteiger charge is -2.11. The van der Waals surface area contributed by atoms with Gasteiger partial charge in [0.2, 0.25) is 5.91 Å². The highest BCUT2D eigenvalue weighted by molar-refractivity contribution is 5.76. The molecule has 0 aromatic heterocycles. The van der Waals surface area contributed by atoms with Gasteiger partial charge >= 0.3 is 0 Å². The van der Waals surface area contributed by atoms with Crippen LogP contribution >= 0.6 is 0 Å². The van der Waals surface area contributed by atoms with Gasteiger partial charge in [0, 0.05) is 25.2 Å². The summed E-state index contributed by atoms with van der Waals surface area (Å²) in [6.07, 6.45) is 0.471. The first-order valence-corrected chi connectivity index (χ1v) is 7.68. The van der Waals surface area contributed by atoms with Gasteiger partial charge in [-0.3, -0.25) is 4.79 Å². The minimum atomic E-state index is 0.0679. The van der Waals surface area contributed by atoms with Crippen molar-refractivity contribution in [2.75, 3.05) is 11.9 Å². The molecule has 0 unspecified atom stereocenters. The molecule has 0 atom stereocenters. The van der Waals surface area contributed by atoms with E-state index in [1.807, 2.05) is 12.1 Å². The summed E-state index contributed by atoms with van der Waals surface area (Å²) in [5.41, 5.74) is 5.88. The van der Waals surface area contributed by atoms with Gasteiger partial charge < -0.3 is 10.6 Å². The van der Waals surface area contributed by atoms with Gasteiger partial charge in [-0.25, -0.2) is 0 Å². The molecule has 0 aliphatic rings. The van der Waals surface area contributed by atoms with Crippen molar-refractivity contribution in [1.29, 1.82) is 0 Å². The van der Waals surface area contributed by atoms with Crippen LogP contribution in [0.15, 0.2) is 42.5 Å². The van der Waals surface area contributed by atoms with Gasteiger partial charge in [-0.15, -0.1) is 0 Å². The van der Waals surface area contributed by atoms with Crippen LogP contribution in [0, 0.1) is 20.8 Å². The molecule has 22 heavy (non-hydrogen) atoms. The lowest BCUT2D eigenvalue weighted by Crippen LogP contribution is -2.24. The number of hydrogen-bond donors (Lipinski definition) is 2. The maximum absolute atomic E-state index is 11.9. The molecule has 3 nitrogen and oxygen atoms in total. The van der Waals surface area contributed by atoms with E-state index in [2.05, 4.69) is 61.7 Å². The fraction of sp³-hybridized carbons (Fsp3) is 0.316. The summed E-state index contributed by atoms with van der Waals surface area (Å²) in [6.45, 7) is 7.42. The normalized spacial score (nSPS) is 10.3. The first kappa shape index (κ1) is 16.1. The average molecular weight is 296 g/mol. The molecule has 0 saturated heterocycles. The van der Waals surface area contributed by atoms with E-state index in [-0.39, 0.29) is 5.91 Å². The molecule has 0 heterocycles. The van der Waals surface area contributed by atoms with E-state index in [0.29, 0.717) is 19.5 Å². The molecule has 2 rings (SSSR count). The summed E-state index contributed by atoms with van der Waals surface area (Å²) in [6, 6.07) is 14.5. The van der Waals surface area contributed by atoms with E-state index in [1.54, 1.807) is 0 Å². The Bertz CT molecular complexity index is 632. The standard InChI is InChI=1S/C19H24N2O/c1-14-5-8-17(9-6-14)13-21-19(22)10-11-20-18-12-15(2)4-7-16(18)3/h4-9,12,20H,10-11,13H2,1-3H3,(H,21,22). The molecule has 0 spiro atoms. The number of amides is 1. The Balaban J connectivity index is 1.73. The van der Waals surface area contributed by atoms with Crippen molar-refractivity contribution in [2.24, 2.45) is 0 Å². The summed E-state index contributed by atoms with van der Waals surface area (Å²) in [5.74, 6) is 0.0679. The van der Waals surface area contributed by atoms with Gasteiger partial charge in [-0.1, -0.05) is 42.0 Å². The number of hydrogen-bond acceptors (Lipinski definition) is 2. The molecular formula is C19H24N2O. The third-order valence-corrected chi connectivity index (χ3v) is 3.67. The number of benzene rings is 2. The molecule has 0 aliphatic heterocycles. The molecule has 0 radical (unpaired) electrons. The lowest BCUT2D eigenvalue weighted by atomic mass is 10.1. The van der Waals surface area contributed by atoms with Crippen LogP contribution in [0.25, 0.3) is 0 Å². The zero-order chi connectivity index (χ0) is 15.9. The average Bonchev–Trinajstić information content (AvgIpc) is 2.50. The quantitative estimate of drug-likeness (QED) is 0.853. The molecule has 2 N–H and O–H groups in total. The van der Waals surface area contributed by atoms with Crippen molar-refractivity contribution in [3.05, 3.63) is 64.7 Å². The molecule has 0 bridgehead atoms. The lowest BCUT2D eigenvalue weighted by molar-refractivity contribution is -0.121. The zero-order valence-electron chi connectivity index (χ0n) is 13.6.